The Bertz CT molecular complexity index is 1510. The van der Waals surface area contributed by atoms with E-state index < -0.39 is 12.0 Å². The van der Waals surface area contributed by atoms with Gasteiger partial charge in [-0.2, -0.15) is 0 Å². The molecule has 0 bridgehead atoms. The topological polar surface area (TPSA) is 99.2 Å². The Labute approximate surface area is 263 Å². The van der Waals surface area contributed by atoms with Crippen molar-refractivity contribution in [2.24, 2.45) is 5.92 Å². The van der Waals surface area contributed by atoms with E-state index in [4.69, 9.17) is 28.4 Å². The highest BCUT2D eigenvalue weighted by molar-refractivity contribution is 5.98. The maximum Gasteiger partial charge on any atom is 0.231 e. The predicted octanol–water partition coefficient (Wildman–Crippen LogP) is 4.28. The normalized spacial score (nSPS) is 19.8. The molecule has 3 heterocycles. The summed E-state index contributed by atoms with van der Waals surface area (Å²) in [6, 6.07) is 16.6. The molecule has 0 aromatic heterocycles. The van der Waals surface area contributed by atoms with Crippen LogP contribution >= 0.6 is 0 Å². The third-order valence-corrected chi connectivity index (χ3v) is 8.83. The molecule has 0 N–H and O–H groups in total. The minimum Gasteiger partial charge on any atom is -0.497 e. The van der Waals surface area contributed by atoms with Crippen LogP contribution in [0.4, 0.5) is 5.69 Å². The Morgan fingerprint density at radius 2 is 1.51 bits per heavy atom. The van der Waals surface area contributed by atoms with E-state index in [-0.39, 0.29) is 25.0 Å². The van der Waals surface area contributed by atoms with Gasteiger partial charge in [0.15, 0.2) is 23.0 Å². The zero-order valence-corrected chi connectivity index (χ0v) is 26.1. The number of anilines is 1. The molecule has 0 saturated carbocycles. The minimum atomic E-state index is -0.542. The van der Waals surface area contributed by atoms with E-state index >= 15 is 0 Å². The molecule has 3 aromatic carbocycles. The van der Waals surface area contributed by atoms with Crippen LogP contribution < -0.4 is 33.3 Å². The molecular formula is C34H39N3O8. The third kappa shape index (κ3) is 6.04. The zero-order chi connectivity index (χ0) is 31.5. The number of ether oxygens (including phenoxy) is 6. The number of hydrogen-bond donors (Lipinski definition) is 0. The summed E-state index contributed by atoms with van der Waals surface area (Å²) in [7, 11) is 6.23. The molecule has 3 aliphatic heterocycles. The Morgan fingerprint density at radius 1 is 0.822 bits per heavy atom. The van der Waals surface area contributed by atoms with Crippen molar-refractivity contribution < 1.29 is 38.0 Å². The molecule has 0 spiro atoms. The molecule has 2 amide bonds. The average Bonchev–Trinajstić information content (AvgIpc) is 3.55. The van der Waals surface area contributed by atoms with Gasteiger partial charge in [-0.1, -0.05) is 18.2 Å². The van der Waals surface area contributed by atoms with Gasteiger partial charge in [0, 0.05) is 51.3 Å². The number of hydrogen-bond acceptors (Lipinski definition) is 9. The molecule has 6 rings (SSSR count). The van der Waals surface area contributed by atoms with E-state index in [1.165, 1.54) is 7.11 Å². The fraction of sp³-hybridized carbons (Fsp3) is 0.412. The summed E-state index contributed by atoms with van der Waals surface area (Å²) in [6.45, 7) is 3.72. The van der Waals surface area contributed by atoms with Gasteiger partial charge in [0.25, 0.3) is 0 Å². The number of amides is 2. The monoisotopic (exact) mass is 617 g/mol. The predicted molar refractivity (Wildman–Crippen MR) is 166 cm³/mol. The van der Waals surface area contributed by atoms with Crippen molar-refractivity contribution in [3.8, 4) is 34.5 Å². The molecule has 0 aliphatic carbocycles. The number of nitrogens with zero attached hydrogens (tertiary/aromatic N) is 3. The lowest BCUT2D eigenvalue weighted by Gasteiger charge is -2.44. The van der Waals surface area contributed by atoms with Gasteiger partial charge in [-0.15, -0.1) is 0 Å². The van der Waals surface area contributed by atoms with E-state index in [2.05, 4.69) is 11.0 Å². The number of piperidine rings is 1. The van der Waals surface area contributed by atoms with E-state index in [1.807, 2.05) is 41.3 Å². The summed E-state index contributed by atoms with van der Waals surface area (Å²) in [6.07, 6.45) is 0.691. The molecule has 3 aromatic rings. The largest absolute Gasteiger partial charge is 0.497 e. The summed E-state index contributed by atoms with van der Waals surface area (Å²) in [5.41, 5.74) is 2.56. The molecule has 3 aliphatic rings. The smallest absolute Gasteiger partial charge is 0.231 e. The maximum atomic E-state index is 14.3. The van der Waals surface area contributed by atoms with Crippen LogP contribution in [0.5, 0.6) is 34.5 Å². The molecular weight excluding hydrogens is 578 g/mol. The van der Waals surface area contributed by atoms with Gasteiger partial charge in [-0.25, -0.2) is 0 Å². The lowest BCUT2D eigenvalue weighted by atomic mass is 9.82. The van der Waals surface area contributed by atoms with Crippen LogP contribution in [0.25, 0.3) is 0 Å². The number of carbonyl (C=O) groups excluding carboxylic acids is 2. The quantitative estimate of drug-likeness (QED) is 0.349. The second-order valence-corrected chi connectivity index (χ2v) is 11.3. The van der Waals surface area contributed by atoms with E-state index in [9.17, 15) is 9.59 Å². The maximum absolute atomic E-state index is 14.3. The third-order valence-electron chi connectivity index (χ3n) is 8.83. The highest BCUT2D eigenvalue weighted by Crippen LogP contribution is 2.47. The molecule has 0 unspecified atom stereocenters. The summed E-state index contributed by atoms with van der Waals surface area (Å²) in [5, 5.41) is 0. The summed E-state index contributed by atoms with van der Waals surface area (Å²) < 4.78 is 33.1. The van der Waals surface area contributed by atoms with Crippen LogP contribution in [0, 0.1) is 5.92 Å². The lowest BCUT2D eigenvalue weighted by Crippen LogP contribution is -2.54. The zero-order valence-electron chi connectivity index (χ0n) is 26.1. The number of benzene rings is 3. The number of piperazine rings is 1. The first-order chi connectivity index (χ1) is 21.9. The van der Waals surface area contributed by atoms with Gasteiger partial charge >= 0.3 is 0 Å². The molecule has 11 heteroatoms. The minimum absolute atomic E-state index is 0.0449. The molecule has 238 valence electrons. The van der Waals surface area contributed by atoms with Gasteiger partial charge in [0.05, 0.1) is 46.1 Å². The standard InChI is InChI=1S/C34H39N3O8/c1-40-25-8-6-23(7-9-25)32-26(10-12-31(38)37(32)24-18-29(41-2)33(43-4)30(19-24)42-3)34(39)36-15-13-35(14-16-36)20-22-5-11-27-28(17-22)45-21-44-27/h5-9,11,17-19,26,32H,10,12-16,20-21H2,1-4H3/t26-,32-/m1/s1. The number of fused-ring (bicyclic) bond motifs is 1. The second-order valence-electron chi connectivity index (χ2n) is 11.3. The molecule has 2 atom stereocenters. The molecule has 2 saturated heterocycles. The van der Waals surface area contributed by atoms with Crippen LogP contribution in [0.3, 0.4) is 0 Å². The second kappa shape index (κ2) is 13.2. The van der Waals surface area contributed by atoms with Crippen LogP contribution in [-0.2, 0) is 16.1 Å². The first kappa shape index (κ1) is 30.4. The SMILES string of the molecule is COc1ccc([C@@H]2[C@H](C(=O)N3CCN(Cc4ccc5c(c4)OCO5)CC3)CCC(=O)N2c2cc(OC)c(OC)c(OC)c2)cc1. The number of carbonyl (C=O) groups is 2. The lowest BCUT2D eigenvalue weighted by molar-refractivity contribution is -0.140. The molecule has 2 fully saturated rings. The Morgan fingerprint density at radius 3 is 2.16 bits per heavy atom. The highest BCUT2D eigenvalue weighted by Gasteiger charge is 2.44. The Balaban J connectivity index is 1.26. The van der Waals surface area contributed by atoms with E-state index in [0.717, 1.165) is 42.3 Å². The van der Waals surface area contributed by atoms with Crippen molar-refractivity contribution in [3.05, 3.63) is 65.7 Å². The van der Waals surface area contributed by atoms with E-state index in [1.54, 1.807) is 38.4 Å². The molecule has 45 heavy (non-hydrogen) atoms. The number of methoxy groups -OCH3 is 4. The first-order valence-corrected chi connectivity index (χ1v) is 15.1. The van der Waals surface area contributed by atoms with Crippen LogP contribution in [0.15, 0.2) is 54.6 Å². The van der Waals surface area contributed by atoms with Crippen LogP contribution in [0.1, 0.15) is 30.0 Å². The van der Waals surface area contributed by atoms with Crippen molar-refractivity contribution in [2.75, 3.05) is 66.3 Å². The van der Waals surface area contributed by atoms with Crippen molar-refractivity contribution in [1.82, 2.24) is 9.80 Å². The van der Waals surface area contributed by atoms with E-state index in [0.29, 0.717) is 48.2 Å². The summed E-state index contributed by atoms with van der Waals surface area (Å²) >= 11 is 0. The van der Waals surface area contributed by atoms with Gasteiger partial charge in [0.2, 0.25) is 24.4 Å². The van der Waals surface area contributed by atoms with Gasteiger partial charge < -0.3 is 38.2 Å². The van der Waals surface area contributed by atoms with Crippen molar-refractivity contribution >= 4 is 17.5 Å². The Kier molecular flexibility index (Phi) is 8.88. The summed E-state index contributed by atoms with van der Waals surface area (Å²) in [5.74, 6) is 3.05. The van der Waals surface area contributed by atoms with Crippen LogP contribution in [-0.4, -0.2) is 83.0 Å². The number of rotatable bonds is 9. The van der Waals surface area contributed by atoms with Gasteiger partial charge in [0.1, 0.15) is 5.75 Å². The molecule has 11 nitrogen and oxygen atoms in total. The van der Waals surface area contributed by atoms with Crippen LogP contribution in [0.2, 0.25) is 0 Å². The van der Waals surface area contributed by atoms with Crippen molar-refractivity contribution in [2.45, 2.75) is 25.4 Å². The first-order valence-electron chi connectivity index (χ1n) is 15.1. The van der Waals surface area contributed by atoms with Gasteiger partial charge in [-0.05, 0) is 41.8 Å². The highest BCUT2D eigenvalue weighted by atomic mass is 16.7. The van der Waals surface area contributed by atoms with Crippen molar-refractivity contribution in [1.29, 1.82) is 0 Å². The van der Waals surface area contributed by atoms with Gasteiger partial charge in [-0.3, -0.25) is 14.5 Å². The Hall–Kier alpha value is -4.64. The summed E-state index contributed by atoms with van der Waals surface area (Å²) in [4.78, 5) is 34.1. The fourth-order valence-electron chi connectivity index (χ4n) is 6.50. The van der Waals surface area contributed by atoms with Crippen molar-refractivity contribution in [3.63, 3.8) is 0 Å². The average molecular weight is 618 g/mol. The molecule has 0 radical (unpaired) electrons. The fourth-order valence-corrected chi connectivity index (χ4v) is 6.50.